The number of pyridine rings is 1. The maximum atomic E-state index is 12.0. The van der Waals surface area contributed by atoms with Crippen LogP contribution in [0.4, 0.5) is 5.82 Å². The smallest absolute Gasteiger partial charge is 0.220 e. The number of carbonyl (C=O) groups is 1. The molecule has 6 heteroatoms. The molecule has 0 spiro atoms. The molecule has 0 saturated carbocycles. The van der Waals surface area contributed by atoms with Gasteiger partial charge >= 0.3 is 0 Å². The predicted octanol–water partition coefficient (Wildman–Crippen LogP) is 1.49. The Morgan fingerprint density at radius 1 is 1.35 bits per heavy atom. The molecule has 0 bridgehead atoms. The van der Waals surface area contributed by atoms with E-state index in [1.165, 1.54) is 0 Å². The molecule has 1 amide bonds. The number of aromatic nitrogens is 1. The average Bonchev–Trinajstić information content (AvgIpc) is 3.13. The third-order valence-corrected chi connectivity index (χ3v) is 4.35. The minimum Gasteiger partial charge on any atom is -0.378 e. The van der Waals surface area contributed by atoms with Crippen LogP contribution in [-0.4, -0.2) is 49.9 Å². The molecule has 1 N–H and O–H groups in total. The third-order valence-electron chi connectivity index (χ3n) is 4.35. The third kappa shape index (κ3) is 4.91. The molecule has 2 aliphatic heterocycles. The second-order valence-corrected chi connectivity index (χ2v) is 6.07. The van der Waals surface area contributed by atoms with Crippen LogP contribution in [0, 0.1) is 0 Å². The van der Waals surface area contributed by atoms with Crippen LogP contribution in [0.15, 0.2) is 18.3 Å². The van der Waals surface area contributed by atoms with E-state index in [1.54, 1.807) is 6.20 Å². The first-order valence-corrected chi connectivity index (χ1v) is 8.47. The molecule has 6 nitrogen and oxygen atoms in total. The van der Waals surface area contributed by atoms with Crippen molar-refractivity contribution in [2.45, 2.75) is 38.3 Å². The molecular formula is C17H25N3O3. The van der Waals surface area contributed by atoms with Gasteiger partial charge in [-0.15, -0.1) is 0 Å². The van der Waals surface area contributed by atoms with Gasteiger partial charge in [0.05, 0.1) is 19.3 Å². The minimum atomic E-state index is 0.0882. The van der Waals surface area contributed by atoms with Gasteiger partial charge in [0.2, 0.25) is 5.91 Å². The van der Waals surface area contributed by atoms with Crippen molar-refractivity contribution in [3.8, 4) is 0 Å². The number of amides is 1. The molecule has 0 radical (unpaired) electrons. The van der Waals surface area contributed by atoms with Crippen molar-refractivity contribution in [3.05, 3.63) is 23.9 Å². The van der Waals surface area contributed by atoms with E-state index in [-0.39, 0.29) is 12.0 Å². The number of rotatable bonds is 6. The van der Waals surface area contributed by atoms with Gasteiger partial charge in [0.15, 0.2) is 0 Å². The van der Waals surface area contributed by atoms with Crippen LogP contribution in [-0.2, 0) is 20.8 Å². The molecule has 3 rings (SSSR count). The number of hydrogen-bond acceptors (Lipinski definition) is 5. The zero-order valence-corrected chi connectivity index (χ0v) is 13.5. The fourth-order valence-electron chi connectivity index (χ4n) is 2.99. The molecule has 126 valence electrons. The number of nitrogens with zero attached hydrogens (tertiary/aromatic N) is 2. The number of ether oxygens (including phenoxy) is 2. The zero-order chi connectivity index (χ0) is 15.9. The van der Waals surface area contributed by atoms with Gasteiger partial charge in [0.1, 0.15) is 5.82 Å². The van der Waals surface area contributed by atoms with E-state index >= 15 is 0 Å². The normalized spacial score (nSPS) is 21.4. The van der Waals surface area contributed by atoms with Crippen LogP contribution >= 0.6 is 0 Å². The Morgan fingerprint density at radius 3 is 3.00 bits per heavy atom. The van der Waals surface area contributed by atoms with Crippen LogP contribution in [0.5, 0.6) is 0 Å². The first kappa shape index (κ1) is 16.2. The van der Waals surface area contributed by atoms with Crippen molar-refractivity contribution in [2.75, 3.05) is 37.8 Å². The maximum Gasteiger partial charge on any atom is 0.220 e. The van der Waals surface area contributed by atoms with Crippen molar-refractivity contribution in [1.82, 2.24) is 10.3 Å². The van der Waals surface area contributed by atoms with E-state index in [2.05, 4.69) is 15.2 Å². The molecule has 1 aromatic heterocycles. The van der Waals surface area contributed by atoms with E-state index in [1.807, 2.05) is 12.1 Å². The lowest BCUT2D eigenvalue weighted by Gasteiger charge is -2.28. The van der Waals surface area contributed by atoms with E-state index < -0.39 is 0 Å². The Hall–Kier alpha value is -1.66. The van der Waals surface area contributed by atoms with Crippen LogP contribution in [0.2, 0.25) is 0 Å². The highest BCUT2D eigenvalue weighted by atomic mass is 16.5. The maximum absolute atomic E-state index is 12.0. The highest BCUT2D eigenvalue weighted by molar-refractivity contribution is 5.75. The average molecular weight is 319 g/mol. The fraction of sp³-hybridized carbons (Fsp3) is 0.647. The molecule has 23 heavy (non-hydrogen) atoms. The Morgan fingerprint density at radius 2 is 2.22 bits per heavy atom. The van der Waals surface area contributed by atoms with Gasteiger partial charge in [-0.2, -0.15) is 0 Å². The van der Waals surface area contributed by atoms with Gasteiger partial charge < -0.3 is 19.7 Å². The largest absolute Gasteiger partial charge is 0.378 e. The van der Waals surface area contributed by atoms with Crippen molar-refractivity contribution in [1.29, 1.82) is 0 Å². The lowest BCUT2D eigenvalue weighted by atomic mass is 10.1. The standard InChI is InChI=1S/C17H25N3O3/c21-17(4-3-15-2-1-9-23-15)19-13-14-5-6-18-16(12-14)20-7-10-22-11-8-20/h5-6,12,15H,1-4,7-11,13H2,(H,19,21)/t15-/m1/s1. The monoisotopic (exact) mass is 319 g/mol. The molecule has 1 aromatic rings. The molecule has 2 saturated heterocycles. The van der Waals surface area contributed by atoms with Gasteiger partial charge in [-0.1, -0.05) is 0 Å². The number of nitrogens with one attached hydrogen (secondary N) is 1. The zero-order valence-electron chi connectivity index (χ0n) is 13.5. The van der Waals surface area contributed by atoms with E-state index in [4.69, 9.17) is 9.47 Å². The van der Waals surface area contributed by atoms with Crippen LogP contribution in [0.25, 0.3) is 0 Å². The Kier molecular flexibility index (Phi) is 5.82. The summed E-state index contributed by atoms with van der Waals surface area (Å²) >= 11 is 0. The SMILES string of the molecule is O=C(CC[C@H]1CCCO1)NCc1ccnc(N2CCOCC2)c1. The predicted molar refractivity (Wildman–Crippen MR) is 87.3 cm³/mol. The second kappa shape index (κ2) is 8.26. The van der Waals surface area contributed by atoms with Crippen LogP contribution in [0.3, 0.4) is 0 Å². The van der Waals surface area contributed by atoms with Gasteiger partial charge in [-0.05, 0) is 37.0 Å². The number of hydrogen-bond donors (Lipinski definition) is 1. The summed E-state index contributed by atoms with van der Waals surface area (Å²) in [6, 6.07) is 4.00. The van der Waals surface area contributed by atoms with Gasteiger partial charge in [0, 0.05) is 38.9 Å². The van der Waals surface area contributed by atoms with Gasteiger partial charge in [-0.25, -0.2) is 4.98 Å². The molecular weight excluding hydrogens is 294 g/mol. The quantitative estimate of drug-likeness (QED) is 0.861. The van der Waals surface area contributed by atoms with Gasteiger partial charge in [0.25, 0.3) is 0 Å². The lowest BCUT2D eigenvalue weighted by Crippen LogP contribution is -2.36. The van der Waals surface area contributed by atoms with Crippen molar-refractivity contribution in [2.24, 2.45) is 0 Å². The highest BCUT2D eigenvalue weighted by Gasteiger charge is 2.17. The lowest BCUT2D eigenvalue weighted by molar-refractivity contribution is -0.121. The Labute approximate surface area is 137 Å². The summed E-state index contributed by atoms with van der Waals surface area (Å²) in [7, 11) is 0. The summed E-state index contributed by atoms with van der Waals surface area (Å²) in [5, 5.41) is 2.99. The number of carbonyl (C=O) groups excluding carboxylic acids is 1. The summed E-state index contributed by atoms with van der Waals surface area (Å²) < 4.78 is 10.9. The van der Waals surface area contributed by atoms with Gasteiger partial charge in [-0.3, -0.25) is 4.79 Å². The highest BCUT2D eigenvalue weighted by Crippen LogP contribution is 2.17. The first-order chi connectivity index (χ1) is 11.3. The number of morpholine rings is 1. The molecule has 2 aliphatic rings. The van der Waals surface area contributed by atoms with E-state index in [0.717, 1.165) is 63.6 Å². The molecule has 0 aromatic carbocycles. The fourth-order valence-corrected chi connectivity index (χ4v) is 2.99. The van der Waals surface area contributed by atoms with E-state index in [0.29, 0.717) is 13.0 Å². The van der Waals surface area contributed by atoms with Crippen molar-refractivity contribution >= 4 is 11.7 Å². The number of anilines is 1. The summed E-state index contributed by atoms with van der Waals surface area (Å²) in [5.41, 5.74) is 1.08. The topological polar surface area (TPSA) is 63.7 Å². The van der Waals surface area contributed by atoms with Crippen LogP contribution in [0.1, 0.15) is 31.2 Å². The summed E-state index contributed by atoms with van der Waals surface area (Å²) in [4.78, 5) is 18.6. The molecule has 0 aliphatic carbocycles. The van der Waals surface area contributed by atoms with E-state index in [9.17, 15) is 4.79 Å². The first-order valence-electron chi connectivity index (χ1n) is 8.47. The summed E-state index contributed by atoms with van der Waals surface area (Å²) in [6.45, 7) is 4.60. The second-order valence-electron chi connectivity index (χ2n) is 6.07. The molecule has 2 fully saturated rings. The molecule has 3 heterocycles. The Balaban J connectivity index is 1.44. The van der Waals surface area contributed by atoms with Crippen molar-refractivity contribution in [3.63, 3.8) is 0 Å². The molecule has 1 atom stereocenters. The van der Waals surface area contributed by atoms with Crippen LogP contribution < -0.4 is 10.2 Å². The van der Waals surface area contributed by atoms with Crippen molar-refractivity contribution < 1.29 is 14.3 Å². The summed E-state index contributed by atoms with van der Waals surface area (Å²) in [6.07, 6.45) is 5.63. The molecule has 0 unspecified atom stereocenters. The minimum absolute atomic E-state index is 0.0882. The Bertz CT molecular complexity index is 512. The summed E-state index contributed by atoms with van der Waals surface area (Å²) in [5.74, 6) is 1.05.